The highest BCUT2D eigenvalue weighted by molar-refractivity contribution is 7.16. The molecule has 0 atom stereocenters. The molecule has 1 rings (SSSR count). The van der Waals surface area contributed by atoms with Gasteiger partial charge in [0.05, 0.1) is 7.11 Å². The molecular formula is C10H14N2O3S. The average molecular weight is 242 g/mol. The predicted molar refractivity (Wildman–Crippen MR) is 61.8 cm³/mol. The molecule has 0 bridgehead atoms. The molecule has 1 N–H and O–H groups in total. The maximum Gasteiger partial charge on any atom is 0.357 e. The number of amides is 1. The molecule has 1 heterocycles. The van der Waals surface area contributed by atoms with Gasteiger partial charge in [0, 0.05) is 11.8 Å². The van der Waals surface area contributed by atoms with Gasteiger partial charge in [-0.1, -0.05) is 13.8 Å². The van der Waals surface area contributed by atoms with Crippen LogP contribution in [0.15, 0.2) is 0 Å². The Balaban J connectivity index is 3.09. The third-order valence-electron chi connectivity index (χ3n) is 1.84. The first-order valence-corrected chi connectivity index (χ1v) is 5.64. The van der Waals surface area contributed by atoms with Crippen molar-refractivity contribution in [3.63, 3.8) is 0 Å². The van der Waals surface area contributed by atoms with E-state index < -0.39 is 5.97 Å². The summed E-state index contributed by atoms with van der Waals surface area (Å²) in [6.45, 7) is 5.31. The maximum atomic E-state index is 11.4. The van der Waals surface area contributed by atoms with Crippen molar-refractivity contribution in [1.82, 2.24) is 4.98 Å². The number of esters is 1. The van der Waals surface area contributed by atoms with Gasteiger partial charge in [-0.15, -0.1) is 11.3 Å². The van der Waals surface area contributed by atoms with Crippen molar-refractivity contribution >= 4 is 28.3 Å². The van der Waals surface area contributed by atoms with Crippen LogP contribution in [0.3, 0.4) is 0 Å². The van der Waals surface area contributed by atoms with Crippen LogP contribution in [0.5, 0.6) is 0 Å². The molecule has 0 fully saturated rings. The van der Waals surface area contributed by atoms with Crippen LogP contribution < -0.4 is 5.32 Å². The Morgan fingerprint density at radius 2 is 2.06 bits per heavy atom. The molecule has 0 saturated carbocycles. The highest BCUT2D eigenvalue weighted by Gasteiger charge is 2.21. The molecule has 0 aliphatic rings. The van der Waals surface area contributed by atoms with E-state index in [0.29, 0.717) is 5.13 Å². The van der Waals surface area contributed by atoms with E-state index in [1.807, 2.05) is 13.8 Å². The Morgan fingerprint density at radius 1 is 1.44 bits per heavy atom. The number of ether oxygens (including phenoxy) is 1. The largest absolute Gasteiger partial charge is 0.464 e. The lowest BCUT2D eigenvalue weighted by Crippen LogP contribution is -2.08. The zero-order valence-corrected chi connectivity index (χ0v) is 10.5. The summed E-state index contributed by atoms with van der Waals surface area (Å²) in [5.74, 6) is -0.522. The van der Waals surface area contributed by atoms with Gasteiger partial charge in [0.25, 0.3) is 0 Å². The fourth-order valence-corrected chi connectivity index (χ4v) is 2.17. The van der Waals surface area contributed by atoms with Crippen molar-refractivity contribution in [3.05, 3.63) is 10.6 Å². The van der Waals surface area contributed by atoms with Crippen LogP contribution in [0.25, 0.3) is 0 Å². The van der Waals surface area contributed by atoms with Crippen molar-refractivity contribution in [2.24, 2.45) is 0 Å². The van der Waals surface area contributed by atoms with Crippen molar-refractivity contribution in [2.45, 2.75) is 26.7 Å². The second-order valence-electron chi connectivity index (χ2n) is 3.56. The monoisotopic (exact) mass is 242 g/mol. The first-order valence-electron chi connectivity index (χ1n) is 4.82. The first-order chi connectivity index (χ1) is 7.45. The summed E-state index contributed by atoms with van der Waals surface area (Å²) >= 11 is 1.30. The smallest absolute Gasteiger partial charge is 0.357 e. The van der Waals surface area contributed by atoms with Gasteiger partial charge < -0.3 is 10.1 Å². The van der Waals surface area contributed by atoms with Crippen molar-refractivity contribution < 1.29 is 14.3 Å². The van der Waals surface area contributed by atoms with Crippen LogP contribution in [0.2, 0.25) is 0 Å². The molecule has 88 valence electrons. The highest BCUT2D eigenvalue weighted by atomic mass is 32.1. The molecule has 0 aromatic carbocycles. The molecule has 5 nitrogen and oxygen atoms in total. The fraction of sp³-hybridized carbons (Fsp3) is 0.500. The van der Waals surface area contributed by atoms with E-state index in [-0.39, 0.29) is 17.5 Å². The maximum absolute atomic E-state index is 11.4. The summed E-state index contributed by atoms with van der Waals surface area (Å²) in [6.07, 6.45) is 0. The van der Waals surface area contributed by atoms with E-state index >= 15 is 0 Å². The molecule has 6 heteroatoms. The van der Waals surface area contributed by atoms with Crippen LogP contribution in [0.1, 0.15) is 42.1 Å². The fourth-order valence-electron chi connectivity index (χ4n) is 1.17. The van der Waals surface area contributed by atoms with Gasteiger partial charge >= 0.3 is 5.97 Å². The summed E-state index contributed by atoms with van der Waals surface area (Å²) < 4.78 is 4.64. The van der Waals surface area contributed by atoms with E-state index in [1.54, 1.807) is 0 Å². The number of carbonyl (C=O) groups excluding carboxylic acids is 2. The van der Waals surface area contributed by atoms with Gasteiger partial charge in [0.2, 0.25) is 5.91 Å². The SMILES string of the molecule is COC(=O)c1nc(NC(C)=O)sc1C(C)C. The predicted octanol–water partition coefficient (Wildman–Crippen LogP) is 2.01. The minimum atomic E-state index is -0.475. The second-order valence-corrected chi connectivity index (χ2v) is 4.59. The normalized spacial score (nSPS) is 10.3. The number of rotatable bonds is 3. The third-order valence-corrected chi connectivity index (χ3v) is 3.11. The third kappa shape index (κ3) is 2.79. The number of anilines is 1. The van der Waals surface area contributed by atoms with Gasteiger partial charge in [-0.05, 0) is 5.92 Å². The van der Waals surface area contributed by atoms with Gasteiger partial charge in [-0.3, -0.25) is 4.79 Å². The summed E-state index contributed by atoms with van der Waals surface area (Å²) in [5.41, 5.74) is 0.284. The molecule has 0 spiro atoms. The zero-order chi connectivity index (χ0) is 12.3. The molecule has 0 saturated heterocycles. The summed E-state index contributed by atoms with van der Waals surface area (Å²) in [4.78, 5) is 27.2. The second kappa shape index (κ2) is 5.07. The van der Waals surface area contributed by atoms with E-state index in [1.165, 1.54) is 25.4 Å². The van der Waals surface area contributed by atoms with E-state index in [2.05, 4.69) is 15.0 Å². The Hall–Kier alpha value is -1.43. The van der Waals surface area contributed by atoms with Crippen LogP contribution in [0.4, 0.5) is 5.13 Å². The number of thiazole rings is 1. The molecule has 16 heavy (non-hydrogen) atoms. The van der Waals surface area contributed by atoms with Crippen molar-refractivity contribution in [2.75, 3.05) is 12.4 Å². The summed E-state index contributed by atoms with van der Waals surface area (Å²) in [6, 6.07) is 0. The lowest BCUT2D eigenvalue weighted by atomic mass is 10.1. The van der Waals surface area contributed by atoms with E-state index in [9.17, 15) is 9.59 Å². The number of nitrogens with one attached hydrogen (secondary N) is 1. The Bertz CT molecular complexity index is 412. The molecule has 1 aromatic rings. The van der Waals surface area contributed by atoms with E-state index in [4.69, 9.17) is 0 Å². The first kappa shape index (κ1) is 12.6. The highest BCUT2D eigenvalue weighted by Crippen LogP contribution is 2.30. The van der Waals surface area contributed by atoms with Crippen molar-refractivity contribution in [3.8, 4) is 0 Å². The Kier molecular flexibility index (Phi) is 4.00. The van der Waals surface area contributed by atoms with Gasteiger partial charge in [0.15, 0.2) is 10.8 Å². The number of methoxy groups -OCH3 is 1. The quantitative estimate of drug-likeness (QED) is 0.823. The number of nitrogens with zero attached hydrogens (tertiary/aromatic N) is 1. The molecular weight excluding hydrogens is 228 g/mol. The molecule has 1 amide bonds. The van der Waals surface area contributed by atoms with Gasteiger partial charge in [0.1, 0.15) is 0 Å². The molecule has 0 radical (unpaired) electrons. The number of hydrogen-bond acceptors (Lipinski definition) is 5. The van der Waals surface area contributed by atoms with Crippen molar-refractivity contribution in [1.29, 1.82) is 0 Å². The minimum Gasteiger partial charge on any atom is -0.464 e. The number of aromatic nitrogens is 1. The number of hydrogen-bond donors (Lipinski definition) is 1. The van der Waals surface area contributed by atoms with Gasteiger partial charge in [-0.2, -0.15) is 0 Å². The summed E-state index contributed by atoms with van der Waals surface area (Å²) in [5, 5.41) is 2.99. The minimum absolute atomic E-state index is 0.161. The molecule has 1 aromatic heterocycles. The average Bonchev–Trinajstić information content (AvgIpc) is 2.59. The van der Waals surface area contributed by atoms with Crippen LogP contribution in [-0.4, -0.2) is 24.0 Å². The molecule has 0 unspecified atom stereocenters. The Labute approximate surface area is 97.8 Å². The van der Waals surface area contributed by atoms with Gasteiger partial charge in [-0.25, -0.2) is 9.78 Å². The number of carbonyl (C=O) groups is 2. The summed E-state index contributed by atoms with van der Waals surface area (Å²) in [7, 11) is 1.31. The molecule has 0 aliphatic carbocycles. The lowest BCUT2D eigenvalue weighted by molar-refractivity contribution is -0.114. The van der Waals surface area contributed by atoms with Crippen LogP contribution in [-0.2, 0) is 9.53 Å². The Morgan fingerprint density at radius 3 is 2.50 bits per heavy atom. The lowest BCUT2D eigenvalue weighted by Gasteiger charge is -2.02. The van der Waals surface area contributed by atoms with Crippen LogP contribution >= 0.6 is 11.3 Å². The molecule has 0 aliphatic heterocycles. The zero-order valence-electron chi connectivity index (χ0n) is 9.66. The standard InChI is InChI=1S/C10H14N2O3S/c1-5(2)8-7(9(14)15-4)12-10(16-8)11-6(3)13/h5H,1-4H3,(H,11,12,13). The topological polar surface area (TPSA) is 68.3 Å². The van der Waals surface area contributed by atoms with Crippen LogP contribution in [0, 0.1) is 0 Å². The van der Waals surface area contributed by atoms with E-state index in [0.717, 1.165) is 4.88 Å².